The molecule has 0 fully saturated rings. The van der Waals surface area contributed by atoms with Crippen LogP contribution in [0, 0.1) is 0 Å². The van der Waals surface area contributed by atoms with E-state index in [0.717, 1.165) is 4.57 Å². The second-order valence-electron chi connectivity index (χ2n) is 4.43. The first-order chi connectivity index (χ1) is 10.1. The predicted molar refractivity (Wildman–Crippen MR) is 81.7 cm³/mol. The fraction of sp³-hybridized carbons (Fsp3) is 0.0667. The number of hydrogen-bond acceptors (Lipinski definition) is 3. The number of nitrogens with one attached hydrogen (secondary N) is 1. The van der Waals surface area contributed by atoms with Gasteiger partial charge in [-0.25, -0.2) is 9.36 Å². The highest BCUT2D eigenvalue weighted by molar-refractivity contribution is 6.30. The molecular weight excluding hydrogens is 292 g/mol. The fourth-order valence-electron chi connectivity index (χ4n) is 2.23. The molecule has 6 heteroatoms. The van der Waals surface area contributed by atoms with Crippen LogP contribution < -0.4 is 16.0 Å². The number of ether oxygens (including phenoxy) is 1. The van der Waals surface area contributed by atoms with E-state index in [1.807, 2.05) is 0 Å². The quantitative estimate of drug-likeness (QED) is 0.790. The molecule has 0 aliphatic rings. The molecule has 2 aromatic carbocycles. The van der Waals surface area contributed by atoms with Crippen LogP contribution in [0.15, 0.2) is 52.1 Å². The van der Waals surface area contributed by atoms with Crippen LogP contribution in [0.2, 0.25) is 5.02 Å². The standard InChI is InChI=1S/C15H11ClN2O3/c1-21-12-4-2-3-11-13(12)14(19)18(15(20)17-11)10-7-5-9(16)6-8-10/h2-8H,1H3,(H,17,20). The van der Waals surface area contributed by atoms with Crippen molar-refractivity contribution >= 4 is 22.5 Å². The number of fused-ring (bicyclic) bond motifs is 1. The van der Waals surface area contributed by atoms with Gasteiger partial charge in [0.05, 0.1) is 18.3 Å². The summed E-state index contributed by atoms with van der Waals surface area (Å²) in [5.74, 6) is 0.413. The fourth-order valence-corrected chi connectivity index (χ4v) is 2.35. The molecule has 106 valence electrons. The third-order valence-corrected chi connectivity index (χ3v) is 3.44. The lowest BCUT2D eigenvalue weighted by molar-refractivity contribution is 0.419. The van der Waals surface area contributed by atoms with E-state index < -0.39 is 11.2 Å². The van der Waals surface area contributed by atoms with Gasteiger partial charge in [-0.2, -0.15) is 0 Å². The van der Waals surface area contributed by atoms with Crippen LogP contribution in [0.5, 0.6) is 5.75 Å². The average molecular weight is 303 g/mol. The maximum Gasteiger partial charge on any atom is 0.333 e. The van der Waals surface area contributed by atoms with E-state index in [9.17, 15) is 9.59 Å². The highest BCUT2D eigenvalue weighted by atomic mass is 35.5. The Balaban J connectivity index is 2.41. The van der Waals surface area contributed by atoms with E-state index >= 15 is 0 Å². The topological polar surface area (TPSA) is 64.1 Å². The first-order valence-electron chi connectivity index (χ1n) is 6.20. The number of nitrogens with zero attached hydrogens (tertiary/aromatic N) is 1. The summed E-state index contributed by atoms with van der Waals surface area (Å²) in [6.45, 7) is 0. The second kappa shape index (κ2) is 5.10. The summed E-state index contributed by atoms with van der Waals surface area (Å²) in [6.07, 6.45) is 0. The number of aromatic amines is 1. The van der Waals surface area contributed by atoms with Gasteiger partial charge in [-0.3, -0.25) is 4.79 Å². The van der Waals surface area contributed by atoms with E-state index in [1.54, 1.807) is 42.5 Å². The van der Waals surface area contributed by atoms with Gasteiger partial charge in [0.2, 0.25) is 0 Å². The van der Waals surface area contributed by atoms with Gasteiger partial charge < -0.3 is 9.72 Å². The molecule has 21 heavy (non-hydrogen) atoms. The van der Waals surface area contributed by atoms with E-state index in [0.29, 0.717) is 27.4 Å². The zero-order chi connectivity index (χ0) is 15.0. The van der Waals surface area contributed by atoms with Crippen molar-refractivity contribution in [1.82, 2.24) is 9.55 Å². The summed E-state index contributed by atoms with van der Waals surface area (Å²) in [5.41, 5.74) is -0.0652. The van der Waals surface area contributed by atoms with Crippen LogP contribution in [0.1, 0.15) is 0 Å². The Morgan fingerprint density at radius 3 is 2.48 bits per heavy atom. The van der Waals surface area contributed by atoms with Gasteiger partial charge in [0.15, 0.2) is 0 Å². The zero-order valence-corrected chi connectivity index (χ0v) is 11.8. The Morgan fingerprint density at radius 1 is 1.10 bits per heavy atom. The molecule has 0 spiro atoms. The smallest absolute Gasteiger partial charge is 0.333 e. The Labute approximate surface area is 124 Å². The first kappa shape index (κ1) is 13.5. The van der Waals surface area contributed by atoms with Gasteiger partial charge >= 0.3 is 5.69 Å². The number of halogens is 1. The zero-order valence-electron chi connectivity index (χ0n) is 11.1. The van der Waals surface area contributed by atoms with E-state index in [4.69, 9.17) is 16.3 Å². The van der Waals surface area contributed by atoms with Gasteiger partial charge in [0.1, 0.15) is 11.1 Å². The molecular formula is C15H11ClN2O3. The lowest BCUT2D eigenvalue weighted by Gasteiger charge is -2.09. The minimum Gasteiger partial charge on any atom is -0.496 e. The molecule has 5 nitrogen and oxygen atoms in total. The minimum absolute atomic E-state index is 0.328. The highest BCUT2D eigenvalue weighted by Crippen LogP contribution is 2.20. The highest BCUT2D eigenvalue weighted by Gasteiger charge is 2.13. The van der Waals surface area contributed by atoms with Crippen LogP contribution in [0.4, 0.5) is 0 Å². The molecule has 1 aromatic heterocycles. The lowest BCUT2D eigenvalue weighted by Crippen LogP contribution is -2.33. The Hall–Kier alpha value is -2.53. The number of benzene rings is 2. The Bertz CT molecular complexity index is 926. The molecule has 3 rings (SSSR count). The normalized spacial score (nSPS) is 10.8. The van der Waals surface area contributed by atoms with Crippen molar-refractivity contribution in [3.63, 3.8) is 0 Å². The van der Waals surface area contributed by atoms with Crippen molar-refractivity contribution in [2.45, 2.75) is 0 Å². The average Bonchev–Trinajstić information content (AvgIpc) is 2.48. The summed E-state index contributed by atoms with van der Waals surface area (Å²) >= 11 is 5.83. The molecule has 0 atom stereocenters. The molecule has 3 aromatic rings. The SMILES string of the molecule is COc1cccc2[nH]c(=O)n(-c3ccc(Cl)cc3)c(=O)c12. The van der Waals surface area contributed by atoms with Crippen molar-refractivity contribution in [2.24, 2.45) is 0 Å². The minimum atomic E-state index is -0.511. The van der Waals surface area contributed by atoms with Crippen LogP contribution in [0.25, 0.3) is 16.6 Å². The molecule has 0 saturated carbocycles. The van der Waals surface area contributed by atoms with Crippen molar-refractivity contribution in [2.75, 3.05) is 7.11 Å². The van der Waals surface area contributed by atoms with Gasteiger partial charge in [0, 0.05) is 5.02 Å². The number of H-pyrrole nitrogens is 1. The maximum absolute atomic E-state index is 12.6. The van der Waals surface area contributed by atoms with Crippen LogP contribution in [-0.4, -0.2) is 16.7 Å². The third-order valence-electron chi connectivity index (χ3n) is 3.19. The number of methoxy groups -OCH3 is 1. The number of hydrogen-bond donors (Lipinski definition) is 1. The number of rotatable bonds is 2. The number of aromatic nitrogens is 2. The molecule has 0 unspecified atom stereocenters. The van der Waals surface area contributed by atoms with Crippen molar-refractivity contribution in [3.05, 3.63) is 68.3 Å². The Morgan fingerprint density at radius 2 is 1.81 bits per heavy atom. The summed E-state index contributed by atoms with van der Waals surface area (Å²) in [4.78, 5) is 27.5. The Kier molecular flexibility index (Phi) is 3.27. The van der Waals surface area contributed by atoms with Gasteiger partial charge in [-0.15, -0.1) is 0 Å². The second-order valence-corrected chi connectivity index (χ2v) is 4.87. The van der Waals surface area contributed by atoms with Gasteiger partial charge in [-0.1, -0.05) is 17.7 Å². The summed E-state index contributed by atoms with van der Waals surface area (Å²) in [6, 6.07) is 11.5. The van der Waals surface area contributed by atoms with Crippen LogP contribution in [0.3, 0.4) is 0 Å². The molecule has 0 aliphatic heterocycles. The molecule has 0 saturated heterocycles. The monoisotopic (exact) mass is 302 g/mol. The van der Waals surface area contributed by atoms with Crippen LogP contribution >= 0.6 is 11.6 Å². The van der Waals surface area contributed by atoms with Crippen molar-refractivity contribution < 1.29 is 4.74 Å². The van der Waals surface area contributed by atoms with Gasteiger partial charge in [-0.05, 0) is 36.4 Å². The summed E-state index contributed by atoms with van der Waals surface area (Å²) in [5, 5.41) is 0.858. The third kappa shape index (κ3) is 2.21. The van der Waals surface area contributed by atoms with E-state index in [1.165, 1.54) is 7.11 Å². The van der Waals surface area contributed by atoms with Crippen LogP contribution in [-0.2, 0) is 0 Å². The van der Waals surface area contributed by atoms with Crippen molar-refractivity contribution in [1.29, 1.82) is 0 Å². The summed E-state index contributed by atoms with van der Waals surface area (Å²) < 4.78 is 6.26. The molecule has 0 aliphatic carbocycles. The molecule has 1 heterocycles. The van der Waals surface area contributed by atoms with E-state index in [2.05, 4.69) is 4.98 Å². The summed E-state index contributed by atoms with van der Waals surface area (Å²) in [7, 11) is 1.48. The molecule has 1 N–H and O–H groups in total. The van der Waals surface area contributed by atoms with Crippen molar-refractivity contribution in [3.8, 4) is 11.4 Å². The first-order valence-corrected chi connectivity index (χ1v) is 6.57. The molecule has 0 radical (unpaired) electrons. The molecule has 0 amide bonds. The largest absolute Gasteiger partial charge is 0.496 e. The lowest BCUT2D eigenvalue weighted by atomic mass is 10.2. The van der Waals surface area contributed by atoms with E-state index in [-0.39, 0.29) is 0 Å². The molecule has 0 bridgehead atoms. The maximum atomic E-state index is 12.6. The predicted octanol–water partition coefficient (Wildman–Crippen LogP) is 2.34. The van der Waals surface area contributed by atoms with Gasteiger partial charge in [0.25, 0.3) is 5.56 Å².